The Bertz CT molecular complexity index is 699. The Kier molecular flexibility index (Phi) is 8.17. The van der Waals surface area contributed by atoms with Crippen molar-refractivity contribution in [2.45, 2.75) is 53.6 Å². The van der Waals surface area contributed by atoms with Crippen molar-refractivity contribution in [1.29, 1.82) is 0 Å². The van der Waals surface area contributed by atoms with E-state index in [9.17, 15) is 0 Å². The molecule has 2 rings (SSSR count). The van der Waals surface area contributed by atoms with Gasteiger partial charge in [-0.15, -0.1) is 0 Å². The van der Waals surface area contributed by atoms with Crippen LogP contribution in [0.15, 0.2) is 33.8 Å². The highest BCUT2D eigenvalue weighted by Gasteiger charge is 2.13. The van der Waals surface area contributed by atoms with Crippen molar-refractivity contribution in [2.24, 2.45) is 10.9 Å². The smallest absolute Gasteiger partial charge is 0.191 e. The van der Waals surface area contributed by atoms with Crippen LogP contribution in [0.1, 0.15) is 50.3 Å². The van der Waals surface area contributed by atoms with Gasteiger partial charge in [0.25, 0.3) is 0 Å². The zero-order valence-electron chi connectivity index (χ0n) is 17.1. The van der Waals surface area contributed by atoms with E-state index in [1.807, 2.05) is 12.1 Å². The third-order valence-electron chi connectivity index (χ3n) is 4.23. The SMILES string of the molecule is CCc1noc(CC)c1CNC(=NC)NCc1ccc(OCC(C)C)cc1. The molecule has 0 aliphatic rings. The average Bonchev–Trinajstić information content (AvgIpc) is 3.09. The lowest BCUT2D eigenvalue weighted by Gasteiger charge is -2.13. The first-order valence-corrected chi connectivity index (χ1v) is 9.69. The van der Waals surface area contributed by atoms with Crippen molar-refractivity contribution < 1.29 is 9.26 Å². The molecule has 1 aromatic heterocycles. The third-order valence-corrected chi connectivity index (χ3v) is 4.23. The lowest BCUT2D eigenvalue weighted by molar-refractivity contribution is 0.271. The molecule has 0 aliphatic heterocycles. The summed E-state index contributed by atoms with van der Waals surface area (Å²) in [6.45, 7) is 10.5. The number of nitrogens with zero attached hydrogens (tertiary/aromatic N) is 2. The zero-order chi connectivity index (χ0) is 19.6. The third kappa shape index (κ3) is 6.31. The summed E-state index contributed by atoms with van der Waals surface area (Å²) in [5.41, 5.74) is 3.31. The topological polar surface area (TPSA) is 71.7 Å². The van der Waals surface area contributed by atoms with Gasteiger partial charge in [-0.05, 0) is 30.0 Å². The van der Waals surface area contributed by atoms with Crippen LogP contribution in [0.2, 0.25) is 0 Å². The quantitative estimate of drug-likeness (QED) is 0.519. The maximum absolute atomic E-state index is 5.72. The predicted octanol–water partition coefficient (Wildman–Crippen LogP) is 3.70. The molecule has 27 heavy (non-hydrogen) atoms. The van der Waals surface area contributed by atoms with Crippen LogP contribution in [0, 0.1) is 5.92 Å². The summed E-state index contributed by atoms with van der Waals surface area (Å²) in [5, 5.41) is 10.8. The maximum atomic E-state index is 5.72. The van der Waals surface area contributed by atoms with Crippen LogP contribution in [0.4, 0.5) is 0 Å². The van der Waals surface area contributed by atoms with Gasteiger partial charge >= 0.3 is 0 Å². The molecule has 2 N–H and O–H groups in total. The molecule has 0 bridgehead atoms. The molecule has 6 heteroatoms. The summed E-state index contributed by atoms with van der Waals surface area (Å²) in [5.74, 6) is 3.11. The molecule has 2 aromatic rings. The Morgan fingerprint density at radius 2 is 1.81 bits per heavy atom. The molecule has 148 valence electrons. The Morgan fingerprint density at radius 3 is 2.41 bits per heavy atom. The fourth-order valence-electron chi connectivity index (χ4n) is 2.68. The average molecular weight is 373 g/mol. The van der Waals surface area contributed by atoms with Gasteiger partial charge in [-0.1, -0.05) is 45.0 Å². The molecule has 0 amide bonds. The molecule has 6 nitrogen and oxygen atoms in total. The van der Waals surface area contributed by atoms with Gasteiger partial charge in [0.2, 0.25) is 0 Å². The van der Waals surface area contributed by atoms with Crippen molar-refractivity contribution in [2.75, 3.05) is 13.7 Å². The van der Waals surface area contributed by atoms with Gasteiger partial charge in [0, 0.05) is 32.1 Å². The molecule has 0 radical (unpaired) electrons. The highest BCUT2D eigenvalue weighted by atomic mass is 16.5. The van der Waals surface area contributed by atoms with Crippen LogP contribution >= 0.6 is 0 Å². The number of nitrogens with one attached hydrogen (secondary N) is 2. The number of ether oxygens (including phenoxy) is 1. The van der Waals surface area contributed by atoms with Crippen LogP contribution in [0.25, 0.3) is 0 Å². The van der Waals surface area contributed by atoms with E-state index in [4.69, 9.17) is 9.26 Å². The molecule has 1 aromatic carbocycles. The highest BCUT2D eigenvalue weighted by molar-refractivity contribution is 5.79. The number of benzene rings is 1. The Balaban J connectivity index is 1.86. The van der Waals surface area contributed by atoms with Crippen LogP contribution in [0.5, 0.6) is 5.75 Å². The fraction of sp³-hybridized carbons (Fsp3) is 0.524. The summed E-state index contributed by atoms with van der Waals surface area (Å²) in [4.78, 5) is 4.30. The molecule has 0 aliphatic carbocycles. The minimum Gasteiger partial charge on any atom is -0.493 e. The monoisotopic (exact) mass is 372 g/mol. The Hall–Kier alpha value is -2.50. The molecule has 0 fully saturated rings. The van der Waals surface area contributed by atoms with Crippen molar-refractivity contribution in [3.63, 3.8) is 0 Å². The number of rotatable bonds is 9. The number of hydrogen-bond donors (Lipinski definition) is 2. The summed E-state index contributed by atoms with van der Waals surface area (Å²) in [6, 6.07) is 8.15. The van der Waals surface area contributed by atoms with E-state index in [-0.39, 0.29) is 0 Å². The lowest BCUT2D eigenvalue weighted by atomic mass is 10.1. The predicted molar refractivity (Wildman–Crippen MR) is 109 cm³/mol. The summed E-state index contributed by atoms with van der Waals surface area (Å²) in [6.07, 6.45) is 1.69. The molecule has 0 unspecified atom stereocenters. The van der Waals surface area contributed by atoms with Gasteiger partial charge in [0.1, 0.15) is 11.5 Å². The number of aromatic nitrogens is 1. The lowest BCUT2D eigenvalue weighted by Crippen LogP contribution is -2.36. The minimum absolute atomic E-state index is 0.521. The van der Waals surface area contributed by atoms with E-state index in [0.29, 0.717) is 19.0 Å². The Labute approximate surface area is 162 Å². The van der Waals surface area contributed by atoms with E-state index >= 15 is 0 Å². The van der Waals surface area contributed by atoms with E-state index < -0.39 is 0 Å². The molecular formula is C21H32N4O2. The van der Waals surface area contributed by atoms with Crippen LogP contribution < -0.4 is 15.4 Å². The molecule has 0 saturated heterocycles. The minimum atomic E-state index is 0.521. The summed E-state index contributed by atoms with van der Waals surface area (Å²) >= 11 is 0. The van der Waals surface area contributed by atoms with Crippen LogP contribution in [-0.4, -0.2) is 24.8 Å². The van der Waals surface area contributed by atoms with Crippen molar-refractivity contribution in [3.8, 4) is 5.75 Å². The second kappa shape index (κ2) is 10.6. The first kappa shape index (κ1) is 20.8. The summed E-state index contributed by atoms with van der Waals surface area (Å²) in [7, 11) is 1.77. The van der Waals surface area contributed by atoms with Crippen LogP contribution in [-0.2, 0) is 25.9 Å². The largest absolute Gasteiger partial charge is 0.493 e. The highest BCUT2D eigenvalue weighted by Crippen LogP contribution is 2.15. The van der Waals surface area contributed by atoms with Crippen LogP contribution in [0.3, 0.4) is 0 Å². The number of guanidine groups is 1. The van der Waals surface area contributed by atoms with E-state index in [2.05, 4.69) is 60.6 Å². The second-order valence-electron chi connectivity index (χ2n) is 6.87. The second-order valence-corrected chi connectivity index (χ2v) is 6.87. The Morgan fingerprint density at radius 1 is 1.11 bits per heavy atom. The molecule has 0 spiro atoms. The zero-order valence-corrected chi connectivity index (χ0v) is 17.1. The molecule has 1 heterocycles. The van der Waals surface area contributed by atoms with Gasteiger partial charge in [0.15, 0.2) is 5.96 Å². The number of hydrogen-bond acceptors (Lipinski definition) is 4. The molecule has 0 saturated carbocycles. The van der Waals surface area contributed by atoms with Gasteiger partial charge < -0.3 is 19.9 Å². The van der Waals surface area contributed by atoms with E-state index in [0.717, 1.165) is 48.2 Å². The maximum Gasteiger partial charge on any atom is 0.191 e. The number of aryl methyl sites for hydroxylation is 2. The van der Waals surface area contributed by atoms with Gasteiger partial charge in [-0.2, -0.15) is 0 Å². The van der Waals surface area contributed by atoms with Gasteiger partial charge in [-0.25, -0.2) is 0 Å². The van der Waals surface area contributed by atoms with E-state index in [1.165, 1.54) is 5.56 Å². The standard InChI is InChI=1S/C21H32N4O2/c1-6-19-18(20(7-2)27-25-19)13-24-21(22-5)23-12-16-8-10-17(11-9-16)26-14-15(3)4/h8-11,15H,6-7,12-14H2,1-5H3,(H2,22,23,24). The van der Waals surface area contributed by atoms with Gasteiger partial charge in [-0.3, -0.25) is 4.99 Å². The van der Waals surface area contributed by atoms with Gasteiger partial charge in [0.05, 0.1) is 12.3 Å². The van der Waals surface area contributed by atoms with Crippen molar-refractivity contribution >= 4 is 5.96 Å². The summed E-state index contributed by atoms with van der Waals surface area (Å²) < 4.78 is 11.1. The first-order valence-electron chi connectivity index (χ1n) is 9.69. The number of aliphatic imine (C=N–C) groups is 1. The molecular weight excluding hydrogens is 340 g/mol. The fourth-order valence-corrected chi connectivity index (χ4v) is 2.68. The van der Waals surface area contributed by atoms with Crippen molar-refractivity contribution in [1.82, 2.24) is 15.8 Å². The van der Waals surface area contributed by atoms with E-state index in [1.54, 1.807) is 7.05 Å². The van der Waals surface area contributed by atoms with Crippen molar-refractivity contribution in [3.05, 3.63) is 46.8 Å². The first-order chi connectivity index (χ1) is 13.1. The normalized spacial score (nSPS) is 11.7. The molecule has 0 atom stereocenters.